The van der Waals surface area contributed by atoms with Gasteiger partial charge >= 0.3 is 6.01 Å². The maximum absolute atomic E-state index is 6.16. The summed E-state index contributed by atoms with van der Waals surface area (Å²) < 4.78 is 11.0. The van der Waals surface area contributed by atoms with Crippen molar-refractivity contribution >= 4 is 11.4 Å². The van der Waals surface area contributed by atoms with Gasteiger partial charge in [-0.05, 0) is 36.0 Å². The second-order valence-corrected chi connectivity index (χ2v) is 7.90. The Kier molecular flexibility index (Phi) is 6.11. The molecule has 1 aliphatic carbocycles. The molecule has 0 amide bonds. The molecule has 6 nitrogen and oxygen atoms in total. The summed E-state index contributed by atoms with van der Waals surface area (Å²) >= 11 is 0. The fourth-order valence-electron chi connectivity index (χ4n) is 3.84. The summed E-state index contributed by atoms with van der Waals surface area (Å²) in [6, 6.07) is 9.26. The van der Waals surface area contributed by atoms with E-state index < -0.39 is 0 Å². The summed E-state index contributed by atoms with van der Waals surface area (Å²) in [6.07, 6.45) is 6.30. The van der Waals surface area contributed by atoms with Gasteiger partial charge in [-0.2, -0.15) is 9.97 Å². The lowest BCUT2D eigenvalue weighted by Crippen LogP contribution is -2.50. The van der Waals surface area contributed by atoms with E-state index in [2.05, 4.69) is 52.1 Å². The van der Waals surface area contributed by atoms with Gasteiger partial charge in [-0.15, -0.1) is 0 Å². The average Bonchev–Trinajstić information content (AvgIpc) is 3.09. The third kappa shape index (κ3) is 4.60. The smallest absolute Gasteiger partial charge is 0.318 e. The van der Waals surface area contributed by atoms with Crippen LogP contribution in [-0.2, 0) is 24.1 Å². The predicted octanol–water partition coefficient (Wildman–Crippen LogP) is 3.25. The fourth-order valence-corrected chi connectivity index (χ4v) is 3.84. The molecule has 4 rings (SSSR count). The number of hydrogen-bond donors (Lipinski definition) is 1. The molecule has 0 saturated carbocycles. The highest BCUT2D eigenvalue weighted by molar-refractivity contribution is 5.75. The Morgan fingerprint density at radius 2 is 1.90 bits per heavy atom. The summed E-state index contributed by atoms with van der Waals surface area (Å²) in [5.41, 5.74) is 11.9. The first-order chi connectivity index (χ1) is 14.2. The Morgan fingerprint density at radius 3 is 2.62 bits per heavy atom. The van der Waals surface area contributed by atoms with E-state index in [1.165, 1.54) is 16.7 Å². The van der Waals surface area contributed by atoms with Crippen LogP contribution in [0.2, 0.25) is 0 Å². The Hall–Kier alpha value is -2.44. The lowest BCUT2D eigenvalue weighted by molar-refractivity contribution is -0.0333. The van der Waals surface area contributed by atoms with Crippen molar-refractivity contribution < 1.29 is 9.47 Å². The molecule has 1 aromatic carbocycles. The van der Waals surface area contributed by atoms with Gasteiger partial charge in [0.2, 0.25) is 0 Å². The number of unbranched alkanes of at least 4 members (excludes halogenated alkanes) is 1. The lowest BCUT2D eigenvalue weighted by atomic mass is 10.0. The quantitative estimate of drug-likeness (QED) is 0.658. The van der Waals surface area contributed by atoms with Crippen molar-refractivity contribution in [1.29, 1.82) is 0 Å². The first kappa shape index (κ1) is 19.9. The molecule has 2 N–H and O–H groups in total. The van der Waals surface area contributed by atoms with Gasteiger partial charge in [0.15, 0.2) is 0 Å². The van der Waals surface area contributed by atoms with Gasteiger partial charge in [-0.25, -0.2) is 0 Å². The minimum Gasteiger partial charge on any atom is -0.463 e. The number of nitrogen functional groups attached to an aromatic ring is 1. The van der Waals surface area contributed by atoms with Crippen LogP contribution in [0, 0.1) is 0 Å². The molecule has 6 heteroatoms. The number of anilines is 1. The van der Waals surface area contributed by atoms with Gasteiger partial charge in [0.05, 0.1) is 18.4 Å². The number of allylic oxidation sites excluding steroid dienone is 2. The Bertz CT molecular complexity index is 873. The second-order valence-electron chi connectivity index (χ2n) is 7.90. The predicted molar refractivity (Wildman–Crippen MR) is 115 cm³/mol. The molecule has 29 heavy (non-hydrogen) atoms. The maximum Gasteiger partial charge on any atom is 0.318 e. The highest BCUT2D eigenvalue weighted by Crippen LogP contribution is 2.32. The zero-order chi connectivity index (χ0) is 20.2. The molecule has 1 fully saturated rings. The number of benzene rings is 1. The maximum atomic E-state index is 6.16. The van der Waals surface area contributed by atoms with E-state index in [0.29, 0.717) is 24.5 Å². The number of hydrogen-bond acceptors (Lipinski definition) is 6. The Balaban J connectivity index is 1.39. The average molecular weight is 395 g/mol. The van der Waals surface area contributed by atoms with E-state index in [1.54, 1.807) is 7.11 Å². The second kappa shape index (κ2) is 8.93. The van der Waals surface area contributed by atoms with Crippen molar-refractivity contribution in [3.8, 4) is 6.01 Å². The monoisotopic (exact) mass is 394 g/mol. The van der Waals surface area contributed by atoms with Crippen LogP contribution in [0.5, 0.6) is 6.01 Å². The number of nitrogens with zero attached hydrogens (tertiary/aromatic N) is 3. The molecular weight excluding hydrogens is 364 g/mol. The van der Waals surface area contributed by atoms with Crippen LogP contribution < -0.4 is 10.5 Å². The van der Waals surface area contributed by atoms with E-state index in [-0.39, 0.29) is 0 Å². The molecule has 2 aromatic rings. The topological polar surface area (TPSA) is 73.5 Å². The van der Waals surface area contributed by atoms with E-state index in [1.807, 2.05) is 0 Å². The van der Waals surface area contributed by atoms with Gasteiger partial charge in [0.25, 0.3) is 0 Å². The van der Waals surface area contributed by atoms with Crippen molar-refractivity contribution in [1.82, 2.24) is 14.9 Å². The van der Waals surface area contributed by atoms with E-state index in [4.69, 9.17) is 15.2 Å². The zero-order valence-electron chi connectivity index (χ0n) is 17.4. The summed E-state index contributed by atoms with van der Waals surface area (Å²) in [7, 11) is 1.78. The van der Waals surface area contributed by atoms with Crippen molar-refractivity contribution in [2.24, 2.45) is 0 Å². The fraction of sp³-hybridized carbons (Fsp3) is 0.478. The van der Waals surface area contributed by atoms with E-state index in [0.717, 1.165) is 56.6 Å². The third-order valence-corrected chi connectivity index (χ3v) is 5.69. The summed E-state index contributed by atoms with van der Waals surface area (Å²) in [5, 5.41) is 0. The molecule has 0 radical (unpaired) electrons. The van der Waals surface area contributed by atoms with Crippen molar-refractivity contribution in [2.75, 3.05) is 32.5 Å². The molecule has 2 aliphatic rings. The molecule has 1 saturated heterocycles. The first-order valence-electron chi connectivity index (χ1n) is 10.5. The Labute approximate surface area is 172 Å². The van der Waals surface area contributed by atoms with Gasteiger partial charge in [0.1, 0.15) is 5.82 Å². The number of rotatable bonds is 9. The molecule has 0 spiro atoms. The van der Waals surface area contributed by atoms with Gasteiger partial charge in [-0.1, -0.05) is 43.7 Å². The van der Waals surface area contributed by atoms with Crippen molar-refractivity contribution in [2.45, 2.75) is 45.3 Å². The lowest BCUT2D eigenvalue weighted by Gasteiger charge is -2.38. The van der Waals surface area contributed by atoms with E-state index >= 15 is 0 Å². The van der Waals surface area contributed by atoms with Crippen LogP contribution >= 0.6 is 0 Å². The SMILES string of the molecule is CCCCOc1nc(N)c2c(n1)C(Cc1ccc(CN3CC(OC)C3)cc1)=CC2. The normalized spacial score (nSPS) is 16.4. The summed E-state index contributed by atoms with van der Waals surface area (Å²) in [4.78, 5) is 11.4. The highest BCUT2D eigenvalue weighted by Gasteiger charge is 2.26. The molecular formula is C23H30N4O2. The van der Waals surface area contributed by atoms with Gasteiger partial charge in [-0.3, -0.25) is 4.90 Å². The van der Waals surface area contributed by atoms with Crippen LogP contribution in [0.15, 0.2) is 30.3 Å². The number of methoxy groups -OCH3 is 1. The first-order valence-corrected chi connectivity index (χ1v) is 10.5. The molecule has 0 unspecified atom stereocenters. The van der Waals surface area contributed by atoms with Crippen molar-refractivity contribution in [3.05, 3.63) is 52.7 Å². The van der Waals surface area contributed by atoms with Crippen LogP contribution in [0.4, 0.5) is 5.82 Å². The zero-order valence-corrected chi connectivity index (χ0v) is 17.4. The van der Waals surface area contributed by atoms with Gasteiger partial charge < -0.3 is 15.2 Å². The summed E-state index contributed by atoms with van der Waals surface area (Å²) in [6.45, 7) is 5.77. The molecule has 0 atom stereocenters. The molecule has 1 aliphatic heterocycles. The van der Waals surface area contributed by atoms with Crippen LogP contribution in [0.1, 0.15) is 42.1 Å². The van der Waals surface area contributed by atoms with Crippen LogP contribution in [0.25, 0.3) is 5.57 Å². The highest BCUT2D eigenvalue weighted by atomic mass is 16.5. The minimum absolute atomic E-state index is 0.391. The van der Waals surface area contributed by atoms with Crippen LogP contribution in [-0.4, -0.2) is 47.8 Å². The number of nitrogens with two attached hydrogens (primary N) is 1. The molecule has 1 aromatic heterocycles. The third-order valence-electron chi connectivity index (χ3n) is 5.69. The number of ether oxygens (including phenoxy) is 2. The summed E-state index contributed by atoms with van der Waals surface area (Å²) in [5.74, 6) is 0.534. The minimum atomic E-state index is 0.391. The number of likely N-dealkylation sites (tertiary alicyclic amines) is 1. The van der Waals surface area contributed by atoms with Crippen LogP contribution in [0.3, 0.4) is 0 Å². The number of fused-ring (bicyclic) bond motifs is 1. The molecule has 154 valence electrons. The molecule has 2 heterocycles. The van der Waals surface area contributed by atoms with E-state index in [9.17, 15) is 0 Å². The number of aromatic nitrogens is 2. The molecule has 0 bridgehead atoms. The Morgan fingerprint density at radius 1 is 1.14 bits per heavy atom. The standard InChI is InChI=1S/C23H30N4O2/c1-3-4-11-29-23-25-21-18(9-10-20(21)22(24)26-23)12-16-5-7-17(8-6-16)13-27-14-19(15-27)28-2/h5-9,19H,3-4,10-15H2,1-2H3,(H2,24,25,26). The van der Waals surface area contributed by atoms with Gasteiger partial charge in [0, 0.05) is 32.3 Å². The largest absolute Gasteiger partial charge is 0.463 e. The van der Waals surface area contributed by atoms with Crippen molar-refractivity contribution in [3.63, 3.8) is 0 Å².